The van der Waals surface area contributed by atoms with Crippen molar-refractivity contribution in [3.05, 3.63) is 16.0 Å². The highest BCUT2D eigenvalue weighted by Gasteiger charge is 2.31. The number of amides is 1. The first-order valence-corrected chi connectivity index (χ1v) is 10.2. The topological polar surface area (TPSA) is 92.7 Å². The molecule has 0 aromatic carbocycles. The van der Waals surface area contributed by atoms with Crippen LogP contribution in [0.25, 0.3) is 0 Å². The van der Waals surface area contributed by atoms with Crippen LogP contribution in [0.2, 0.25) is 0 Å². The second-order valence-corrected chi connectivity index (χ2v) is 9.57. The molecular formula is C20H29NO5S. The minimum absolute atomic E-state index is 0.0664. The summed E-state index contributed by atoms with van der Waals surface area (Å²) in [6.45, 7) is 9.27. The zero-order valence-corrected chi connectivity index (χ0v) is 17.5. The molecule has 27 heavy (non-hydrogen) atoms. The first kappa shape index (κ1) is 21.4. The summed E-state index contributed by atoms with van der Waals surface area (Å²) in [4.78, 5) is 37.3. The maximum absolute atomic E-state index is 12.7. The molecule has 0 saturated heterocycles. The summed E-state index contributed by atoms with van der Waals surface area (Å²) in [5.74, 6) is -1.08. The molecule has 0 saturated carbocycles. The summed E-state index contributed by atoms with van der Waals surface area (Å²) >= 11 is 1.44. The highest BCUT2D eigenvalue weighted by atomic mass is 32.1. The number of aliphatic carboxylic acids is 1. The molecule has 1 aliphatic carbocycles. The Morgan fingerprint density at radius 2 is 1.96 bits per heavy atom. The summed E-state index contributed by atoms with van der Waals surface area (Å²) in [6.07, 6.45) is 2.43. The van der Waals surface area contributed by atoms with E-state index in [1.807, 2.05) is 0 Å². The van der Waals surface area contributed by atoms with Crippen molar-refractivity contribution in [3.8, 4) is 0 Å². The summed E-state index contributed by atoms with van der Waals surface area (Å²) < 4.78 is 5.40. The molecule has 0 aliphatic heterocycles. The first-order chi connectivity index (χ1) is 12.5. The molecule has 1 aromatic heterocycles. The van der Waals surface area contributed by atoms with Gasteiger partial charge in [0.2, 0.25) is 5.91 Å². The van der Waals surface area contributed by atoms with Crippen molar-refractivity contribution < 1.29 is 24.2 Å². The van der Waals surface area contributed by atoms with E-state index >= 15 is 0 Å². The third-order valence-corrected chi connectivity index (χ3v) is 5.75. The van der Waals surface area contributed by atoms with E-state index in [2.05, 4.69) is 12.2 Å². The van der Waals surface area contributed by atoms with Gasteiger partial charge in [0.05, 0.1) is 18.1 Å². The average Bonchev–Trinajstić information content (AvgIpc) is 2.80. The maximum Gasteiger partial charge on any atom is 0.341 e. The van der Waals surface area contributed by atoms with E-state index in [-0.39, 0.29) is 24.9 Å². The average molecular weight is 396 g/mol. The van der Waals surface area contributed by atoms with Crippen LogP contribution in [0.4, 0.5) is 5.00 Å². The number of hydrogen-bond donors (Lipinski definition) is 2. The minimum Gasteiger partial charge on any atom is -0.481 e. The third-order valence-electron chi connectivity index (χ3n) is 4.58. The molecular weight excluding hydrogens is 366 g/mol. The quantitative estimate of drug-likeness (QED) is 0.673. The van der Waals surface area contributed by atoms with E-state index in [0.29, 0.717) is 16.5 Å². The van der Waals surface area contributed by atoms with Crippen LogP contribution in [0.1, 0.15) is 74.7 Å². The Hall–Kier alpha value is -1.89. The molecule has 0 spiro atoms. The number of carbonyl (C=O) groups excluding carboxylic acids is 2. The largest absolute Gasteiger partial charge is 0.481 e. The van der Waals surface area contributed by atoms with Crippen LogP contribution in [0.5, 0.6) is 0 Å². The van der Waals surface area contributed by atoms with Crippen LogP contribution in [0.15, 0.2) is 0 Å². The van der Waals surface area contributed by atoms with Gasteiger partial charge in [0.15, 0.2) is 0 Å². The van der Waals surface area contributed by atoms with Gasteiger partial charge in [-0.3, -0.25) is 9.59 Å². The minimum atomic E-state index is -0.936. The van der Waals surface area contributed by atoms with Gasteiger partial charge in [-0.1, -0.05) is 20.8 Å². The van der Waals surface area contributed by atoms with Crippen molar-refractivity contribution in [2.75, 3.05) is 5.32 Å². The number of esters is 1. The Morgan fingerprint density at radius 1 is 1.30 bits per heavy atom. The number of nitrogens with one attached hydrogen (secondary N) is 1. The zero-order chi connectivity index (χ0) is 20.4. The number of anilines is 1. The lowest BCUT2D eigenvalue weighted by Crippen LogP contribution is -2.25. The lowest BCUT2D eigenvalue weighted by Gasteiger charge is -2.21. The van der Waals surface area contributed by atoms with E-state index in [1.54, 1.807) is 27.7 Å². The Morgan fingerprint density at radius 3 is 2.56 bits per heavy atom. The van der Waals surface area contributed by atoms with Gasteiger partial charge in [-0.05, 0) is 50.0 Å². The van der Waals surface area contributed by atoms with E-state index < -0.39 is 17.4 Å². The predicted molar refractivity (Wildman–Crippen MR) is 105 cm³/mol. The molecule has 6 nitrogen and oxygen atoms in total. The summed E-state index contributed by atoms with van der Waals surface area (Å²) in [6, 6.07) is 0. The van der Waals surface area contributed by atoms with Gasteiger partial charge >= 0.3 is 11.9 Å². The Balaban J connectivity index is 2.26. The van der Waals surface area contributed by atoms with Crippen LogP contribution in [0.3, 0.4) is 0 Å². The Labute approximate surface area is 164 Å². The predicted octanol–water partition coefficient (Wildman–Crippen LogP) is 4.27. The van der Waals surface area contributed by atoms with Gasteiger partial charge < -0.3 is 15.2 Å². The molecule has 7 heteroatoms. The van der Waals surface area contributed by atoms with E-state index in [9.17, 15) is 14.4 Å². The summed E-state index contributed by atoms with van der Waals surface area (Å²) in [7, 11) is 0. The molecule has 0 fully saturated rings. The number of carbonyl (C=O) groups is 3. The molecule has 1 heterocycles. The lowest BCUT2D eigenvalue weighted by atomic mass is 9.85. The molecule has 2 rings (SSSR count). The molecule has 0 bridgehead atoms. The molecule has 2 N–H and O–H groups in total. The molecule has 1 amide bonds. The molecule has 1 aromatic rings. The number of ether oxygens (including phenoxy) is 1. The maximum atomic E-state index is 12.7. The number of thiophene rings is 1. The highest BCUT2D eigenvalue weighted by Crippen LogP contribution is 2.40. The molecule has 1 atom stereocenters. The van der Waals surface area contributed by atoms with Crippen LogP contribution in [-0.4, -0.2) is 29.1 Å². The van der Waals surface area contributed by atoms with E-state index in [0.717, 1.165) is 29.7 Å². The molecule has 150 valence electrons. The van der Waals surface area contributed by atoms with Gasteiger partial charge in [-0.2, -0.15) is 0 Å². The second kappa shape index (κ2) is 8.42. The fourth-order valence-electron chi connectivity index (χ4n) is 3.41. The Kier molecular flexibility index (Phi) is 6.68. The van der Waals surface area contributed by atoms with Crippen LogP contribution >= 0.6 is 11.3 Å². The third kappa shape index (κ3) is 5.79. The molecule has 0 radical (unpaired) electrons. The van der Waals surface area contributed by atoms with Crippen LogP contribution in [-0.2, 0) is 27.2 Å². The second-order valence-electron chi connectivity index (χ2n) is 8.47. The van der Waals surface area contributed by atoms with Crippen molar-refractivity contribution in [1.82, 2.24) is 0 Å². The van der Waals surface area contributed by atoms with E-state index in [1.165, 1.54) is 11.3 Å². The van der Waals surface area contributed by atoms with Crippen molar-refractivity contribution in [1.29, 1.82) is 0 Å². The first-order valence-electron chi connectivity index (χ1n) is 9.35. The number of fused-ring (bicyclic) bond motifs is 1. The van der Waals surface area contributed by atoms with Gasteiger partial charge in [0.1, 0.15) is 5.00 Å². The fourth-order valence-corrected chi connectivity index (χ4v) is 4.82. The highest BCUT2D eigenvalue weighted by molar-refractivity contribution is 7.17. The number of hydrogen-bond acceptors (Lipinski definition) is 5. The number of carboxylic acids is 1. The van der Waals surface area contributed by atoms with Gasteiger partial charge in [-0.25, -0.2) is 4.79 Å². The summed E-state index contributed by atoms with van der Waals surface area (Å²) in [5, 5.41) is 12.4. The van der Waals surface area contributed by atoms with Crippen LogP contribution < -0.4 is 5.32 Å². The fraction of sp³-hybridized carbons (Fsp3) is 0.650. The van der Waals surface area contributed by atoms with Crippen LogP contribution in [0, 0.1) is 11.3 Å². The van der Waals surface area contributed by atoms with Crippen molar-refractivity contribution >= 4 is 34.2 Å². The smallest absolute Gasteiger partial charge is 0.341 e. The monoisotopic (exact) mass is 395 g/mol. The van der Waals surface area contributed by atoms with Crippen molar-refractivity contribution in [2.45, 2.75) is 72.8 Å². The lowest BCUT2D eigenvalue weighted by molar-refractivity contribution is -0.139. The zero-order valence-electron chi connectivity index (χ0n) is 16.7. The Bertz CT molecular complexity index is 735. The number of carboxylic acid groups (broad SMARTS) is 1. The van der Waals surface area contributed by atoms with Gasteiger partial charge in [0, 0.05) is 11.3 Å². The molecule has 1 unspecified atom stereocenters. The summed E-state index contributed by atoms with van der Waals surface area (Å²) in [5.41, 5.74) is 0.795. The van der Waals surface area contributed by atoms with E-state index in [4.69, 9.17) is 9.84 Å². The van der Waals surface area contributed by atoms with Crippen molar-refractivity contribution in [2.24, 2.45) is 11.3 Å². The van der Waals surface area contributed by atoms with Gasteiger partial charge in [0.25, 0.3) is 0 Å². The SMILES string of the molecule is CC1CCc2c(sc(NC(=O)CC(C)(C)CC(=O)O)c2C(=O)OC(C)C)C1. The standard InChI is InChI=1S/C20H29NO5S/c1-11(2)26-19(25)17-13-7-6-12(3)8-14(13)27-18(17)21-15(22)9-20(4,5)10-16(23)24/h11-12H,6-10H2,1-5H3,(H,21,22)(H,23,24). The van der Waals surface area contributed by atoms with Crippen molar-refractivity contribution in [3.63, 3.8) is 0 Å². The molecule has 1 aliphatic rings. The normalized spacial score (nSPS) is 16.7. The number of rotatable bonds is 7. The van der Waals surface area contributed by atoms with Gasteiger partial charge in [-0.15, -0.1) is 11.3 Å².